The van der Waals surface area contributed by atoms with E-state index in [2.05, 4.69) is 6.92 Å². The molecule has 0 fully saturated rings. The van der Waals surface area contributed by atoms with Crippen molar-refractivity contribution in [1.82, 2.24) is 0 Å². The quantitative estimate of drug-likeness (QED) is 0.343. The first-order valence-corrected chi connectivity index (χ1v) is 8.33. The van der Waals surface area contributed by atoms with E-state index in [-0.39, 0.29) is 12.6 Å². The molecule has 0 amide bonds. The van der Waals surface area contributed by atoms with Crippen LogP contribution in [0.5, 0.6) is 0 Å². The largest absolute Gasteiger partial charge is 0.462 e. The number of ether oxygens (including phenoxy) is 1. The highest BCUT2D eigenvalue weighted by Gasteiger charge is 2.29. The summed E-state index contributed by atoms with van der Waals surface area (Å²) < 4.78 is 5.27. The molecule has 0 aromatic carbocycles. The van der Waals surface area contributed by atoms with Crippen LogP contribution < -0.4 is 0 Å². The zero-order chi connectivity index (χ0) is 16.3. The first kappa shape index (κ1) is 20.2. The standard InChI is InChI=1S/C18H34O3/c1-6-8-9-10-11-12-13-16(19)18(4,5)14-21-17(20)15(3)7-2/h7,16,19H,6,8-14H2,1-5H3. The second-order valence-corrected chi connectivity index (χ2v) is 6.61. The Morgan fingerprint density at radius 1 is 1.19 bits per heavy atom. The second-order valence-electron chi connectivity index (χ2n) is 6.61. The van der Waals surface area contributed by atoms with Crippen LogP contribution >= 0.6 is 0 Å². The fourth-order valence-corrected chi connectivity index (χ4v) is 2.09. The minimum atomic E-state index is -0.428. The molecule has 0 aliphatic heterocycles. The van der Waals surface area contributed by atoms with Gasteiger partial charge in [-0.1, -0.05) is 65.4 Å². The van der Waals surface area contributed by atoms with Crippen molar-refractivity contribution in [2.75, 3.05) is 6.61 Å². The smallest absolute Gasteiger partial charge is 0.333 e. The Morgan fingerprint density at radius 2 is 1.76 bits per heavy atom. The molecule has 1 unspecified atom stereocenters. The maximum absolute atomic E-state index is 11.6. The van der Waals surface area contributed by atoms with Crippen LogP contribution in [0.25, 0.3) is 0 Å². The zero-order valence-electron chi connectivity index (χ0n) is 14.6. The van der Waals surface area contributed by atoms with Crippen LogP contribution in [0, 0.1) is 5.41 Å². The number of aliphatic hydroxyl groups is 1. The van der Waals surface area contributed by atoms with Crippen LogP contribution in [0.3, 0.4) is 0 Å². The molecule has 0 aliphatic carbocycles. The summed E-state index contributed by atoms with van der Waals surface area (Å²) in [5, 5.41) is 10.3. The van der Waals surface area contributed by atoms with E-state index in [1.54, 1.807) is 13.0 Å². The lowest BCUT2D eigenvalue weighted by Crippen LogP contribution is -2.35. The number of hydrogen-bond acceptors (Lipinski definition) is 3. The molecule has 0 bridgehead atoms. The third-order valence-electron chi connectivity index (χ3n) is 4.06. The number of hydrogen-bond donors (Lipinski definition) is 1. The minimum absolute atomic E-state index is 0.258. The molecule has 0 radical (unpaired) electrons. The van der Waals surface area contributed by atoms with E-state index in [4.69, 9.17) is 4.74 Å². The molecule has 0 saturated heterocycles. The molecule has 0 aliphatic rings. The fourth-order valence-electron chi connectivity index (χ4n) is 2.09. The predicted molar refractivity (Wildman–Crippen MR) is 88.2 cm³/mol. The van der Waals surface area contributed by atoms with E-state index >= 15 is 0 Å². The van der Waals surface area contributed by atoms with Crippen LogP contribution in [0.15, 0.2) is 11.6 Å². The van der Waals surface area contributed by atoms with Gasteiger partial charge in [0.1, 0.15) is 0 Å². The highest BCUT2D eigenvalue weighted by Crippen LogP contribution is 2.25. The van der Waals surface area contributed by atoms with Crippen molar-refractivity contribution in [2.24, 2.45) is 5.41 Å². The maximum Gasteiger partial charge on any atom is 0.333 e. The van der Waals surface area contributed by atoms with Gasteiger partial charge in [0, 0.05) is 11.0 Å². The van der Waals surface area contributed by atoms with Gasteiger partial charge in [-0.2, -0.15) is 0 Å². The van der Waals surface area contributed by atoms with Crippen molar-refractivity contribution in [3.05, 3.63) is 11.6 Å². The van der Waals surface area contributed by atoms with Gasteiger partial charge in [0.15, 0.2) is 0 Å². The van der Waals surface area contributed by atoms with Gasteiger partial charge in [-0.3, -0.25) is 0 Å². The molecule has 3 heteroatoms. The average molecular weight is 298 g/mol. The SMILES string of the molecule is CC=C(C)C(=O)OCC(C)(C)C(O)CCCCCCCC. The summed E-state index contributed by atoms with van der Waals surface area (Å²) in [4.78, 5) is 11.6. The van der Waals surface area contributed by atoms with Crippen LogP contribution in [0.1, 0.15) is 79.6 Å². The third-order valence-corrected chi connectivity index (χ3v) is 4.06. The van der Waals surface area contributed by atoms with Gasteiger partial charge in [-0.05, 0) is 20.3 Å². The van der Waals surface area contributed by atoms with E-state index < -0.39 is 11.5 Å². The lowest BCUT2D eigenvalue weighted by atomic mass is 9.84. The zero-order valence-corrected chi connectivity index (χ0v) is 14.6. The summed E-state index contributed by atoms with van der Waals surface area (Å²) in [6.45, 7) is 9.92. The van der Waals surface area contributed by atoms with Crippen LogP contribution in [0.4, 0.5) is 0 Å². The summed E-state index contributed by atoms with van der Waals surface area (Å²) in [6.07, 6.45) is 9.39. The monoisotopic (exact) mass is 298 g/mol. The molecule has 1 atom stereocenters. The number of carbonyl (C=O) groups excluding carboxylic acids is 1. The Hall–Kier alpha value is -0.830. The Balaban J connectivity index is 3.98. The number of allylic oxidation sites excluding steroid dienone is 1. The Kier molecular flexibility index (Phi) is 10.4. The van der Waals surface area contributed by atoms with E-state index in [1.807, 2.05) is 20.8 Å². The molecule has 0 spiro atoms. The van der Waals surface area contributed by atoms with E-state index in [1.165, 1.54) is 32.1 Å². The highest BCUT2D eigenvalue weighted by molar-refractivity contribution is 5.87. The Bertz CT molecular complexity index is 318. The fraction of sp³-hybridized carbons (Fsp3) is 0.833. The van der Waals surface area contributed by atoms with Gasteiger partial charge in [-0.15, -0.1) is 0 Å². The molecule has 0 aromatic rings. The Morgan fingerprint density at radius 3 is 2.33 bits per heavy atom. The van der Waals surface area contributed by atoms with Crippen molar-refractivity contribution in [2.45, 2.75) is 85.7 Å². The van der Waals surface area contributed by atoms with Crippen molar-refractivity contribution >= 4 is 5.97 Å². The topological polar surface area (TPSA) is 46.5 Å². The Labute approximate surface area is 130 Å². The molecular formula is C18H34O3. The van der Waals surface area contributed by atoms with Crippen molar-refractivity contribution in [3.8, 4) is 0 Å². The number of unbranched alkanes of at least 4 members (excludes halogenated alkanes) is 5. The first-order valence-electron chi connectivity index (χ1n) is 8.33. The van der Waals surface area contributed by atoms with Crippen LogP contribution in [-0.4, -0.2) is 23.8 Å². The summed E-state index contributed by atoms with van der Waals surface area (Å²) >= 11 is 0. The van der Waals surface area contributed by atoms with Crippen molar-refractivity contribution in [1.29, 1.82) is 0 Å². The van der Waals surface area contributed by atoms with Gasteiger partial charge in [-0.25, -0.2) is 4.79 Å². The van der Waals surface area contributed by atoms with Crippen LogP contribution in [-0.2, 0) is 9.53 Å². The number of rotatable bonds is 11. The summed E-state index contributed by atoms with van der Waals surface area (Å²) in [5.74, 6) is -0.294. The normalized spacial score (nSPS) is 14.1. The molecule has 3 nitrogen and oxygen atoms in total. The number of carbonyl (C=O) groups is 1. The van der Waals surface area contributed by atoms with Gasteiger partial charge in [0.2, 0.25) is 0 Å². The van der Waals surface area contributed by atoms with Crippen molar-refractivity contribution in [3.63, 3.8) is 0 Å². The maximum atomic E-state index is 11.6. The van der Waals surface area contributed by atoms with Gasteiger partial charge in [0.25, 0.3) is 0 Å². The minimum Gasteiger partial charge on any atom is -0.462 e. The van der Waals surface area contributed by atoms with E-state index in [9.17, 15) is 9.90 Å². The number of aliphatic hydroxyl groups excluding tert-OH is 1. The molecule has 1 N–H and O–H groups in total. The van der Waals surface area contributed by atoms with Gasteiger partial charge in [0.05, 0.1) is 12.7 Å². The summed E-state index contributed by atoms with van der Waals surface area (Å²) in [6, 6.07) is 0. The predicted octanol–water partition coefficient (Wildman–Crippen LogP) is 4.63. The second kappa shape index (κ2) is 10.8. The molecule has 124 valence electrons. The molecule has 0 rings (SSSR count). The van der Waals surface area contributed by atoms with Gasteiger partial charge >= 0.3 is 5.97 Å². The van der Waals surface area contributed by atoms with Gasteiger partial charge < -0.3 is 9.84 Å². The molecular weight excluding hydrogens is 264 g/mol. The van der Waals surface area contributed by atoms with Crippen molar-refractivity contribution < 1.29 is 14.6 Å². The molecule has 0 saturated carbocycles. The third kappa shape index (κ3) is 8.92. The highest BCUT2D eigenvalue weighted by atomic mass is 16.5. The first-order chi connectivity index (χ1) is 9.85. The molecule has 0 aromatic heterocycles. The lowest BCUT2D eigenvalue weighted by Gasteiger charge is -2.30. The van der Waals surface area contributed by atoms with Crippen LogP contribution in [0.2, 0.25) is 0 Å². The molecule has 0 heterocycles. The summed E-state index contributed by atoms with van der Waals surface area (Å²) in [5.41, 5.74) is 0.212. The molecule has 21 heavy (non-hydrogen) atoms. The lowest BCUT2D eigenvalue weighted by molar-refractivity contribution is -0.144. The number of esters is 1. The van der Waals surface area contributed by atoms with E-state index in [0.717, 1.165) is 12.8 Å². The summed E-state index contributed by atoms with van der Waals surface area (Å²) in [7, 11) is 0. The average Bonchev–Trinajstić information content (AvgIpc) is 2.47. The van der Waals surface area contributed by atoms with E-state index in [0.29, 0.717) is 5.57 Å².